The summed E-state index contributed by atoms with van der Waals surface area (Å²) in [6, 6.07) is 6.76. The summed E-state index contributed by atoms with van der Waals surface area (Å²) in [5, 5.41) is 3.60. The largest absolute Gasteiger partial charge is 0.496 e. The first-order chi connectivity index (χ1) is 10.3. The minimum Gasteiger partial charge on any atom is -0.496 e. The number of benzene rings is 1. The van der Waals surface area contributed by atoms with Gasteiger partial charge in [-0.1, -0.05) is 19.3 Å². The molecule has 1 aromatic heterocycles. The van der Waals surface area contributed by atoms with Crippen molar-refractivity contribution in [1.82, 2.24) is 9.55 Å². The number of hydrogen-bond donors (Lipinski definition) is 1. The van der Waals surface area contributed by atoms with E-state index in [9.17, 15) is 0 Å². The van der Waals surface area contributed by atoms with E-state index in [4.69, 9.17) is 4.74 Å². The van der Waals surface area contributed by atoms with Crippen molar-refractivity contribution >= 4 is 5.95 Å². The minimum absolute atomic E-state index is 0.555. The molecule has 1 aliphatic carbocycles. The maximum atomic E-state index is 5.33. The van der Waals surface area contributed by atoms with Crippen LogP contribution in [0, 0.1) is 6.92 Å². The topological polar surface area (TPSA) is 39.1 Å². The molecule has 0 amide bonds. The van der Waals surface area contributed by atoms with Crippen molar-refractivity contribution < 1.29 is 4.74 Å². The Morgan fingerprint density at radius 1 is 1.24 bits per heavy atom. The van der Waals surface area contributed by atoms with Crippen LogP contribution in [0.2, 0.25) is 0 Å². The highest BCUT2D eigenvalue weighted by Gasteiger charge is 2.15. The number of methoxy groups -OCH3 is 1. The lowest BCUT2D eigenvalue weighted by molar-refractivity contribution is 0.411. The lowest BCUT2D eigenvalue weighted by Crippen LogP contribution is -2.24. The molecule has 4 nitrogen and oxygen atoms in total. The summed E-state index contributed by atoms with van der Waals surface area (Å²) < 4.78 is 7.44. The van der Waals surface area contributed by atoms with Gasteiger partial charge in [-0.15, -0.1) is 0 Å². The van der Waals surface area contributed by atoms with Crippen LogP contribution >= 0.6 is 0 Å². The van der Waals surface area contributed by atoms with Crippen molar-refractivity contribution in [2.45, 2.75) is 45.1 Å². The van der Waals surface area contributed by atoms with E-state index in [1.165, 1.54) is 32.1 Å². The Kier molecular flexibility index (Phi) is 4.13. The average molecular weight is 285 g/mol. The third kappa shape index (κ3) is 3.04. The van der Waals surface area contributed by atoms with Crippen molar-refractivity contribution in [1.29, 1.82) is 0 Å². The first-order valence-corrected chi connectivity index (χ1v) is 7.73. The predicted octanol–water partition coefficient (Wildman–Crippen LogP) is 3.93. The molecule has 1 aliphatic rings. The smallest absolute Gasteiger partial charge is 0.207 e. The number of imidazole rings is 1. The van der Waals surface area contributed by atoms with Crippen LogP contribution in [-0.2, 0) is 0 Å². The molecule has 4 heteroatoms. The molecule has 1 N–H and O–H groups in total. The summed E-state index contributed by atoms with van der Waals surface area (Å²) in [4.78, 5) is 4.48. The van der Waals surface area contributed by atoms with E-state index >= 15 is 0 Å². The second-order valence-corrected chi connectivity index (χ2v) is 5.75. The van der Waals surface area contributed by atoms with Crippen molar-refractivity contribution in [3.63, 3.8) is 0 Å². The Bertz CT molecular complexity index is 600. The zero-order chi connectivity index (χ0) is 14.7. The van der Waals surface area contributed by atoms with Gasteiger partial charge in [0.15, 0.2) is 0 Å². The van der Waals surface area contributed by atoms with Gasteiger partial charge in [0.25, 0.3) is 0 Å². The van der Waals surface area contributed by atoms with Gasteiger partial charge in [-0.25, -0.2) is 4.98 Å². The van der Waals surface area contributed by atoms with Crippen LogP contribution in [0.4, 0.5) is 5.95 Å². The van der Waals surface area contributed by atoms with Crippen LogP contribution < -0.4 is 10.1 Å². The average Bonchev–Trinajstić information content (AvgIpc) is 2.96. The van der Waals surface area contributed by atoms with Crippen molar-refractivity contribution in [2.75, 3.05) is 12.4 Å². The van der Waals surface area contributed by atoms with Gasteiger partial charge in [0.05, 0.1) is 7.11 Å². The van der Waals surface area contributed by atoms with E-state index in [2.05, 4.69) is 33.9 Å². The first kappa shape index (κ1) is 14.0. The molecule has 1 heterocycles. The number of hydrogen-bond acceptors (Lipinski definition) is 3. The van der Waals surface area contributed by atoms with Crippen molar-refractivity contribution in [3.05, 3.63) is 36.2 Å². The Balaban J connectivity index is 1.82. The fraction of sp³-hybridized carbons (Fsp3) is 0.471. The molecule has 1 fully saturated rings. The molecule has 0 unspecified atom stereocenters. The van der Waals surface area contributed by atoms with Crippen LogP contribution in [0.1, 0.15) is 37.7 Å². The van der Waals surface area contributed by atoms with Crippen LogP contribution in [-0.4, -0.2) is 22.7 Å². The molecule has 0 radical (unpaired) electrons. The molecule has 0 atom stereocenters. The molecule has 0 aliphatic heterocycles. The normalized spacial score (nSPS) is 15.9. The van der Waals surface area contributed by atoms with Gasteiger partial charge in [-0.3, -0.25) is 4.57 Å². The number of aryl methyl sites for hydroxylation is 1. The summed E-state index contributed by atoms with van der Waals surface area (Å²) in [6.07, 6.45) is 10.4. The van der Waals surface area contributed by atoms with Gasteiger partial charge < -0.3 is 10.1 Å². The van der Waals surface area contributed by atoms with Crippen LogP contribution in [0.15, 0.2) is 30.6 Å². The number of nitrogens with zero attached hydrogens (tertiary/aromatic N) is 2. The maximum Gasteiger partial charge on any atom is 0.207 e. The quantitative estimate of drug-likeness (QED) is 0.925. The molecule has 3 rings (SSSR count). The highest BCUT2D eigenvalue weighted by atomic mass is 16.5. The maximum absolute atomic E-state index is 5.33. The monoisotopic (exact) mass is 285 g/mol. The lowest BCUT2D eigenvalue weighted by Gasteiger charge is -2.23. The second-order valence-electron chi connectivity index (χ2n) is 5.75. The molecule has 112 valence electrons. The Morgan fingerprint density at radius 2 is 2.05 bits per heavy atom. The number of rotatable bonds is 4. The summed E-state index contributed by atoms with van der Waals surface area (Å²) >= 11 is 0. The Morgan fingerprint density at radius 3 is 2.76 bits per heavy atom. The number of ether oxygens (including phenoxy) is 1. The predicted molar refractivity (Wildman–Crippen MR) is 85.3 cm³/mol. The fourth-order valence-corrected chi connectivity index (χ4v) is 3.06. The second kappa shape index (κ2) is 6.20. The molecular formula is C17H23N3O. The van der Waals surface area contributed by atoms with Gasteiger partial charge in [0, 0.05) is 24.1 Å². The summed E-state index contributed by atoms with van der Waals surface area (Å²) in [6.45, 7) is 2.06. The van der Waals surface area contributed by atoms with Gasteiger partial charge >= 0.3 is 0 Å². The molecule has 0 spiro atoms. The molecule has 0 saturated heterocycles. The van der Waals surface area contributed by atoms with E-state index < -0.39 is 0 Å². The number of aromatic nitrogens is 2. The Hall–Kier alpha value is -1.97. The molecule has 21 heavy (non-hydrogen) atoms. The molecular weight excluding hydrogens is 262 g/mol. The van der Waals surface area contributed by atoms with E-state index in [1.54, 1.807) is 7.11 Å². The number of anilines is 1. The molecule has 1 aromatic carbocycles. The van der Waals surface area contributed by atoms with E-state index in [0.29, 0.717) is 6.04 Å². The third-order valence-corrected chi connectivity index (χ3v) is 4.24. The molecule has 0 bridgehead atoms. The fourth-order valence-electron chi connectivity index (χ4n) is 3.06. The minimum atomic E-state index is 0.555. The highest BCUT2D eigenvalue weighted by Crippen LogP contribution is 2.25. The van der Waals surface area contributed by atoms with Crippen LogP contribution in [0.3, 0.4) is 0 Å². The summed E-state index contributed by atoms with van der Waals surface area (Å²) in [5.74, 6) is 1.85. The zero-order valence-electron chi connectivity index (χ0n) is 12.8. The number of nitrogens with one attached hydrogen (secondary N) is 1. The van der Waals surface area contributed by atoms with Crippen molar-refractivity contribution in [3.8, 4) is 11.4 Å². The zero-order valence-corrected chi connectivity index (χ0v) is 12.8. The van der Waals surface area contributed by atoms with E-state index in [0.717, 1.165) is 22.9 Å². The van der Waals surface area contributed by atoms with Crippen LogP contribution in [0.25, 0.3) is 5.69 Å². The summed E-state index contributed by atoms with van der Waals surface area (Å²) in [7, 11) is 1.70. The van der Waals surface area contributed by atoms with Gasteiger partial charge in [0.2, 0.25) is 5.95 Å². The third-order valence-electron chi connectivity index (χ3n) is 4.24. The van der Waals surface area contributed by atoms with Gasteiger partial charge in [0.1, 0.15) is 5.75 Å². The van der Waals surface area contributed by atoms with Crippen LogP contribution in [0.5, 0.6) is 5.75 Å². The first-order valence-electron chi connectivity index (χ1n) is 7.73. The molecule has 1 saturated carbocycles. The highest BCUT2D eigenvalue weighted by molar-refractivity contribution is 5.48. The van der Waals surface area contributed by atoms with Gasteiger partial charge in [-0.05, 0) is 43.5 Å². The summed E-state index contributed by atoms with van der Waals surface area (Å²) in [5.41, 5.74) is 2.25. The van der Waals surface area contributed by atoms with Gasteiger partial charge in [-0.2, -0.15) is 0 Å². The SMILES string of the molecule is COc1ccc(-n2ccnc2NC2CCCCC2)cc1C. The molecule has 2 aromatic rings. The van der Waals surface area contributed by atoms with E-state index in [-0.39, 0.29) is 0 Å². The Labute approximate surface area is 126 Å². The lowest BCUT2D eigenvalue weighted by atomic mass is 9.96. The standard InChI is InChI=1S/C17H23N3O/c1-13-12-15(8-9-16(13)21-2)20-11-10-18-17(20)19-14-6-4-3-5-7-14/h8-12,14H,3-7H2,1-2H3,(H,18,19). The van der Waals surface area contributed by atoms with Crippen molar-refractivity contribution in [2.24, 2.45) is 0 Å². The van der Waals surface area contributed by atoms with E-state index in [1.807, 2.05) is 18.5 Å².